The highest BCUT2D eigenvalue weighted by atomic mass is 16.2. The maximum Gasteiger partial charge on any atom is 0.273 e. The summed E-state index contributed by atoms with van der Waals surface area (Å²) in [7, 11) is 3.58. The van der Waals surface area contributed by atoms with Crippen LogP contribution in [0.15, 0.2) is 54.6 Å². The van der Waals surface area contributed by atoms with Crippen LogP contribution in [-0.4, -0.2) is 41.3 Å². The molecule has 212 valence electrons. The van der Waals surface area contributed by atoms with Gasteiger partial charge in [-0.25, -0.2) is 4.98 Å². The van der Waals surface area contributed by atoms with Crippen LogP contribution < -0.4 is 10.6 Å². The predicted octanol–water partition coefficient (Wildman–Crippen LogP) is 5.80. The molecule has 10 nitrogen and oxygen atoms in total. The molecule has 0 aliphatic carbocycles. The molecule has 0 spiro atoms. The maximum absolute atomic E-state index is 13.0. The highest BCUT2D eigenvalue weighted by Crippen LogP contribution is 2.26. The number of anilines is 2. The molecule has 5 rings (SSSR count). The Morgan fingerprint density at radius 3 is 2.00 bits per heavy atom. The van der Waals surface area contributed by atoms with Crippen molar-refractivity contribution in [3.63, 3.8) is 0 Å². The molecule has 2 aromatic carbocycles. The minimum absolute atomic E-state index is 0.121. The molecule has 5 aromatic rings. The second kappa shape index (κ2) is 10.0. The predicted molar refractivity (Wildman–Crippen MR) is 161 cm³/mol. The first-order valence-corrected chi connectivity index (χ1v) is 13.5. The lowest BCUT2D eigenvalue weighted by atomic mass is 9.92. The van der Waals surface area contributed by atoms with E-state index in [-0.39, 0.29) is 22.6 Å². The van der Waals surface area contributed by atoms with Crippen LogP contribution in [0.25, 0.3) is 22.4 Å². The van der Waals surface area contributed by atoms with E-state index in [0.29, 0.717) is 34.1 Å². The van der Waals surface area contributed by atoms with E-state index < -0.39 is 0 Å². The lowest BCUT2D eigenvalue weighted by molar-refractivity contribution is 0.101. The van der Waals surface area contributed by atoms with E-state index in [4.69, 9.17) is 4.98 Å². The Labute approximate surface area is 239 Å². The van der Waals surface area contributed by atoms with Gasteiger partial charge >= 0.3 is 0 Å². The molecule has 0 radical (unpaired) electrons. The molecule has 0 fully saturated rings. The number of amides is 2. The summed E-state index contributed by atoms with van der Waals surface area (Å²) >= 11 is 0. The van der Waals surface area contributed by atoms with Crippen LogP contribution in [0, 0.1) is 0 Å². The van der Waals surface area contributed by atoms with E-state index in [1.54, 1.807) is 28.5 Å². The number of H-pyrrole nitrogens is 1. The average Bonchev–Trinajstić information content (AvgIpc) is 3.60. The summed E-state index contributed by atoms with van der Waals surface area (Å²) in [5, 5.41) is 14.9. The number of nitrogens with zero attached hydrogens (tertiary/aromatic N) is 5. The molecule has 0 saturated heterocycles. The number of benzene rings is 2. The molecule has 2 amide bonds. The zero-order valence-electron chi connectivity index (χ0n) is 24.7. The second-order valence-electron chi connectivity index (χ2n) is 12.4. The van der Waals surface area contributed by atoms with Crippen molar-refractivity contribution in [3.05, 3.63) is 77.2 Å². The molecule has 10 heteroatoms. The van der Waals surface area contributed by atoms with Crippen molar-refractivity contribution < 1.29 is 9.59 Å². The summed E-state index contributed by atoms with van der Waals surface area (Å²) < 4.78 is 3.28. The molecule has 0 aliphatic rings. The van der Waals surface area contributed by atoms with E-state index >= 15 is 0 Å². The molecule has 3 heterocycles. The normalized spacial score (nSPS) is 12.1. The van der Waals surface area contributed by atoms with Crippen molar-refractivity contribution in [2.45, 2.75) is 52.4 Å². The fourth-order valence-electron chi connectivity index (χ4n) is 4.38. The van der Waals surface area contributed by atoms with Gasteiger partial charge in [0.05, 0.1) is 22.4 Å². The minimum atomic E-state index is -0.233. The number of carbonyl (C=O) groups excluding carboxylic acids is 2. The fourth-order valence-corrected chi connectivity index (χ4v) is 4.38. The number of aromatic nitrogens is 6. The van der Waals surface area contributed by atoms with E-state index in [1.807, 2.05) is 49.5 Å². The SMILES string of the molecule is Cn1nc(C(C)(C)C)cc1NC(=O)c1ccc2[nH]c(-c3ccc(NC(=O)c4cc(C(C)(C)C)nn4C)cc3)nc2c1. The smallest absolute Gasteiger partial charge is 0.273 e. The zero-order valence-corrected chi connectivity index (χ0v) is 24.7. The second-order valence-corrected chi connectivity index (χ2v) is 12.4. The van der Waals surface area contributed by atoms with E-state index in [0.717, 1.165) is 22.5 Å². The van der Waals surface area contributed by atoms with Gasteiger partial charge in [-0.1, -0.05) is 41.5 Å². The summed E-state index contributed by atoms with van der Waals surface area (Å²) in [6, 6.07) is 16.5. The topological polar surface area (TPSA) is 123 Å². The number of aryl methyl sites for hydroxylation is 2. The molecule has 0 unspecified atom stereocenters. The molecule has 0 saturated carbocycles. The largest absolute Gasteiger partial charge is 0.338 e. The minimum Gasteiger partial charge on any atom is -0.338 e. The van der Waals surface area contributed by atoms with Crippen molar-refractivity contribution in [2.24, 2.45) is 14.1 Å². The average molecular weight is 553 g/mol. The first-order chi connectivity index (χ1) is 19.2. The molecule has 3 aromatic heterocycles. The Morgan fingerprint density at radius 2 is 1.39 bits per heavy atom. The molecule has 0 atom stereocenters. The molecule has 41 heavy (non-hydrogen) atoms. The third-order valence-electron chi connectivity index (χ3n) is 6.93. The Hall–Kier alpha value is -4.73. The van der Waals surface area contributed by atoms with Crippen molar-refractivity contribution in [3.8, 4) is 11.4 Å². The van der Waals surface area contributed by atoms with Crippen molar-refractivity contribution in [2.75, 3.05) is 10.6 Å². The molecule has 0 aliphatic heterocycles. The number of hydrogen-bond acceptors (Lipinski definition) is 5. The number of rotatable bonds is 5. The van der Waals surface area contributed by atoms with Gasteiger partial charge in [0.2, 0.25) is 0 Å². The standard InChI is InChI=1S/C31H36N8O2/c1-30(2,3)24-16-23(38(7)36-24)29(41)32-20-12-9-18(10-13-20)27-33-21-14-11-19(15-22(21)34-27)28(40)35-26-17-25(31(4,5)6)37-39(26)8/h9-17H,1-8H3,(H,32,41)(H,33,34)(H,35,40). The summed E-state index contributed by atoms with van der Waals surface area (Å²) in [6.07, 6.45) is 0. The number of aromatic amines is 1. The maximum atomic E-state index is 13.0. The van der Waals surface area contributed by atoms with Crippen LogP contribution in [0.2, 0.25) is 0 Å². The van der Waals surface area contributed by atoms with Crippen LogP contribution in [0.1, 0.15) is 73.8 Å². The van der Waals surface area contributed by atoms with Gasteiger partial charge in [0.15, 0.2) is 0 Å². The van der Waals surface area contributed by atoms with Gasteiger partial charge in [0, 0.05) is 47.8 Å². The summed E-state index contributed by atoms with van der Waals surface area (Å²) in [5.41, 5.74) is 5.49. The van der Waals surface area contributed by atoms with Crippen molar-refractivity contribution >= 4 is 34.4 Å². The number of fused-ring (bicyclic) bond motifs is 1. The third kappa shape index (κ3) is 5.77. The van der Waals surface area contributed by atoms with Gasteiger partial charge in [-0.3, -0.25) is 19.0 Å². The fraction of sp³-hybridized carbons (Fsp3) is 0.323. The summed E-state index contributed by atoms with van der Waals surface area (Å²) in [5.74, 6) is 0.841. The van der Waals surface area contributed by atoms with Crippen LogP contribution in [-0.2, 0) is 24.9 Å². The van der Waals surface area contributed by atoms with Crippen LogP contribution >= 0.6 is 0 Å². The van der Waals surface area contributed by atoms with Crippen LogP contribution in [0.4, 0.5) is 11.5 Å². The summed E-state index contributed by atoms with van der Waals surface area (Å²) in [6.45, 7) is 12.4. The lowest BCUT2D eigenvalue weighted by Crippen LogP contribution is -2.15. The molecular formula is C31H36N8O2. The molecule has 0 bridgehead atoms. The van der Waals surface area contributed by atoms with Gasteiger partial charge < -0.3 is 15.6 Å². The lowest BCUT2D eigenvalue weighted by Gasteiger charge is -2.13. The number of carbonyl (C=O) groups is 2. The molecule has 3 N–H and O–H groups in total. The van der Waals surface area contributed by atoms with Gasteiger partial charge in [-0.2, -0.15) is 10.2 Å². The first-order valence-electron chi connectivity index (χ1n) is 13.5. The Morgan fingerprint density at radius 1 is 0.756 bits per heavy atom. The van der Waals surface area contributed by atoms with Crippen molar-refractivity contribution in [1.82, 2.24) is 29.5 Å². The zero-order chi connectivity index (χ0) is 29.7. The van der Waals surface area contributed by atoms with Gasteiger partial charge in [0.25, 0.3) is 11.8 Å². The quantitative estimate of drug-likeness (QED) is 0.254. The first kappa shape index (κ1) is 27.8. The van der Waals surface area contributed by atoms with Gasteiger partial charge in [0.1, 0.15) is 17.3 Å². The number of imidazole rings is 1. The van der Waals surface area contributed by atoms with Crippen LogP contribution in [0.3, 0.4) is 0 Å². The number of nitrogens with one attached hydrogen (secondary N) is 3. The van der Waals surface area contributed by atoms with Gasteiger partial charge in [-0.05, 0) is 48.5 Å². The molecular weight excluding hydrogens is 516 g/mol. The summed E-state index contributed by atoms with van der Waals surface area (Å²) in [4.78, 5) is 33.9. The Bertz CT molecular complexity index is 1760. The van der Waals surface area contributed by atoms with E-state index in [1.165, 1.54) is 0 Å². The monoisotopic (exact) mass is 552 g/mol. The van der Waals surface area contributed by atoms with Gasteiger partial charge in [-0.15, -0.1) is 0 Å². The number of hydrogen-bond donors (Lipinski definition) is 3. The highest BCUT2D eigenvalue weighted by Gasteiger charge is 2.22. The van der Waals surface area contributed by atoms with E-state index in [2.05, 4.69) is 67.4 Å². The highest BCUT2D eigenvalue weighted by molar-refractivity contribution is 6.06. The van der Waals surface area contributed by atoms with Crippen LogP contribution in [0.5, 0.6) is 0 Å². The van der Waals surface area contributed by atoms with E-state index in [9.17, 15) is 9.59 Å². The van der Waals surface area contributed by atoms with Crippen molar-refractivity contribution in [1.29, 1.82) is 0 Å². The Balaban J connectivity index is 1.30. The Kier molecular flexibility index (Phi) is 6.81. The third-order valence-corrected chi connectivity index (χ3v) is 6.93.